The van der Waals surface area contributed by atoms with E-state index in [4.69, 9.17) is 5.11 Å². The highest BCUT2D eigenvalue weighted by Gasteiger charge is 2.72. The van der Waals surface area contributed by atoms with Gasteiger partial charge in [0.1, 0.15) is 6.04 Å². The summed E-state index contributed by atoms with van der Waals surface area (Å²) >= 11 is 0. The van der Waals surface area contributed by atoms with Crippen LogP contribution in [0.15, 0.2) is 95.2 Å². The van der Waals surface area contributed by atoms with Crippen molar-refractivity contribution >= 4 is 23.5 Å². The van der Waals surface area contributed by atoms with Gasteiger partial charge in [-0.05, 0) is 11.1 Å². The average molecular weight is 398 g/mol. The Kier molecular flexibility index (Phi) is 3.43. The molecular formula is C24H19N2O2P. The lowest BCUT2D eigenvalue weighted by Gasteiger charge is -2.42. The molecule has 0 saturated heterocycles. The van der Waals surface area contributed by atoms with Crippen molar-refractivity contribution in [1.29, 1.82) is 0 Å². The third-order valence-electron chi connectivity index (χ3n) is 6.81. The summed E-state index contributed by atoms with van der Waals surface area (Å²) in [5.41, 5.74) is 2.20. The second-order valence-corrected chi connectivity index (χ2v) is 11.0. The van der Waals surface area contributed by atoms with Gasteiger partial charge in [0.05, 0.1) is 5.92 Å². The molecule has 0 N–H and O–H groups in total. The van der Waals surface area contributed by atoms with Crippen LogP contribution in [-0.2, 0) is 9.36 Å². The summed E-state index contributed by atoms with van der Waals surface area (Å²) in [6.07, 6.45) is 0.342. The van der Waals surface area contributed by atoms with E-state index >= 15 is 4.57 Å². The van der Waals surface area contributed by atoms with Gasteiger partial charge in [-0.15, -0.1) is 0 Å². The van der Waals surface area contributed by atoms with Crippen molar-refractivity contribution in [2.24, 2.45) is 10.2 Å². The number of carbonyl (C=O) groups excluding carboxylic acids is 1. The molecule has 4 nitrogen and oxygen atoms in total. The number of fused-ring (bicyclic) bond motifs is 2. The zero-order chi connectivity index (χ0) is 19.6. The number of hydrogen-bond donors (Lipinski definition) is 0. The quantitative estimate of drug-likeness (QED) is 0.615. The number of carbonyl (C=O) groups is 1. The van der Waals surface area contributed by atoms with Crippen molar-refractivity contribution < 1.29 is 9.36 Å². The SMILES string of the molecule is O=C1CC2c3ccccc3C3C1N=NC23P(=O)(c1ccccc1)c1ccccc1. The largest absolute Gasteiger partial charge is 0.311 e. The molecule has 3 aromatic rings. The number of hydrogen-bond acceptors (Lipinski definition) is 4. The Morgan fingerprint density at radius 2 is 1.34 bits per heavy atom. The first-order valence-corrected chi connectivity index (χ1v) is 11.6. The van der Waals surface area contributed by atoms with Crippen molar-refractivity contribution in [3.63, 3.8) is 0 Å². The number of Topliss-reactive ketones (excluding diaryl/α,β-unsaturated/α-hetero) is 1. The van der Waals surface area contributed by atoms with Crippen LogP contribution >= 0.6 is 7.14 Å². The molecule has 1 fully saturated rings. The fourth-order valence-electron chi connectivity index (χ4n) is 5.69. The van der Waals surface area contributed by atoms with Gasteiger partial charge in [0, 0.05) is 22.9 Å². The molecule has 0 aromatic heterocycles. The molecule has 4 atom stereocenters. The molecule has 3 aromatic carbocycles. The number of ketones is 1. The summed E-state index contributed by atoms with van der Waals surface area (Å²) in [6.45, 7) is 0. The molecule has 1 aliphatic heterocycles. The van der Waals surface area contributed by atoms with Crippen molar-refractivity contribution in [2.45, 2.75) is 29.6 Å². The highest BCUT2D eigenvalue weighted by molar-refractivity contribution is 7.80. The molecule has 3 aliphatic rings. The van der Waals surface area contributed by atoms with E-state index < -0.39 is 18.5 Å². The summed E-state index contributed by atoms with van der Waals surface area (Å²) in [6, 6.07) is 26.9. The maximum Gasteiger partial charge on any atom is 0.172 e. The van der Waals surface area contributed by atoms with Crippen LogP contribution in [0.5, 0.6) is 0 Å². The normalized spacial score (nSPS) is 29.1. The van der Waals surface area contributed by atoms with E-state index in [1.807, 2.05) is 72.8 Å². The first-order valence-electron chi connectivity index (χ1n) is 9.93. The Balaban J connectivity index is 1.70. The van der Waals surface area contributed by atoms with E-state index in [2.05, 4.69) is 17.2 Å². The number of benzene rings is 3. The van der Waals surface area contributed by atoms with Gasteiger partial charge in [-0.25, -0.2) is 0 Å². The summed E-state index contributed by atoms with van der Waals surface area (Å²) < 4.78 is 15.3. The first-order chi connectivity index (χ1) is 14.2. The van der Waals surface area contributed by atoms with Gasteiger partial charge in [0.15, 0.2) is 18.2 Å². The molecule has 0 amide bonds. The summed E-state index contributed by atoms with van der Waals surface area (Å²) in [5.74, 6) is -0.373. The van der Waals surface area contributed by atoms with E-state index in [0.717, 1.165) is 21.7 Å². The molecule has 1 saturated carbocycles. The molecule has 5 heteroatoms. The van der Waals surface area contributed by atoms with Gasteiger partial charge in [0.2, 0.25) is 0 Å². The number of nitrogens with zero attached hydrogens (tertiary/aromatic N) is 2. The standard InChI is InChI=1S/C24H19N2O2P/c27-21-15-20-18-13-7-8-14-19(18)22-23(21)25-26-24(20,22)29(28,16-9-3-1-4-10-16)17-11-5-2-6-12-17/h1-14,20,22-23H,15H2. The summed E-state index contributed by atoms with van der Waals surface area (Å²) in [4.78, 5) is 12.9. The topological polar surface area (TPSA) is 58.9 Å². The molecule has 0 radical (unpaired) electrons. The Morgan fingerprint density at radius 1 is 0.793 bits per heavy atom. The fourth-order valence-corrected chi connectivity index (χ4v) is 9.52. The second kappa shape index (κ2) is 5.84. The van der Waals surface area contributed by atoms with Crippen LogP contribution in [0.3, 0.4) is 0 Å². The average Bonchev–Trinajstić information content (AvgIpc) is 3.21. The van der Waals surface area contributed by atoms with Crippen molar-refractivity contribution in [3.8, 4) is 0 Å². The van der Waals surface area contributed by atoms with E-state index in [-0.39, 0.29) is 17.6 Å². The van der Waals surface area contributed by atoms with Crippen LogP contribution in [0.25, 0.3) is 0 Å². The van der Waals surface area contributed by atoms with Crippen LogP contribution in [0.2, 0.25) is 0 Å². The van der Waals surface area contributed by atoms with Gasteiger partial charge in [-0.1, -0.05) is 84.9 Å². The van der Waals surface area contributed by atoms with E-state index in [1.165, 1.54) is 0 Å². The molecule has 6 rings (SSSR count). The van der Waals surface area contributed by atoms with Gasteiger partial charge >= 0.3 is 0 Å². The third-order valence-corrected chi connectivity index (χ3v) is 10.6. The maximum absolute atomic E-state index is 15.3. The minimum absolute atomic E-state index is 0.112. The Bertz CT molecular complexity index is 1160. The number of azo groups is 1. The van der Waals surface area contributed by atoms with E-state index in [9.17, 15) is 4.79 Å². The highest BCUT2D eigenvalue weighted by Crippen LogP contribution is 2.76. The molecule has 29 heavy (non-hydrogen) atoms. The third kappa shape index (κ3) is 1.95. The Hall–Kier alpha value is -2.84. The lowest BCUT2D eigenvalue weighted by Crippen LogP contribution is -2.48. The van der Waals surface area contributed by atoms with Crippen LogP contribution in [-0.4, -0.2) is 17.1 Å². The predicted octanol–water partition coefficient (Wildman–Crippen LogP) is 4.39. The smallest absolute Gasteiger partial charge is 0.172 e. The zero-order valence-electron chi connectivity index (χ0n) is 15.7. The second-order valence-electron chi connectivity index (χ2n) is 8.05. The maximum atomic E-state index is 15.3. The van der Waals surface area contributed by atoms with Crippen LogP contribution < -0.4 is 10.6 Å². The molecule has 2 aliphatic carbocycles. The lowest BCUT2D eigenvalue weighted by atomic mass is 9.79. The lowest BCUT2D eigenvalue weighted by molar-refractivity contribution is -0.122. The number of rotatable bonds is 3. The minimum Gasteiger partial charge on any atom is -0.311 e. The van der Waals surface area contributed by atoms with E-state index in [0.29, 0.717) is 6.42 Å². The van der Waals surface area contributed by atoms with Crippen molar-refractivity contribution in [2.75, 3.05) is 0 Å². The Morgan fingerprint density at radius 3 is 1.97 bits per heavy atom. The van der Waals surface area contributed by atoms with Crippen molar-refractivity contribution in [3.05, 3.63) is 96.1 Å². The monoisotopic (exact) mass is 398 g/mol. The molecule has 1 heterocycles. The zero-order valence-corrected chi connectivity index (χ0v) is 16.6. The van der Waals surface area contributed by atoms with Gasteiger partial charge < -0.3 is 4.57 Å². The Labute approximate surface area is 169 Å². The first kappa shape index (κ1) is 17.1. The van der Waals surface area contributed by atoms with Gasteiger partial charge in [0.25, 0.3) is 0 Å². The molecule has 4 unspecified atom stereocenters. The molecular weight excluding hydrogens is 379 g/mol. The predicted molar refractivity (Wildman–Crippen MR) is 113 cm³/mol. The van der Waals surface area contributed by atoms with Crippen LogP contribution in [0, 0.1) is 0 Å². The van der Waals surface area contributed by atoms with Crippen LogP contribution in [0.4, 0.5) is 0 Å². The highest BCUT2D eigenvalue weighted by atomic mass is 31.2. The summed E-state index contributed by atoms with van der Waals surface area (Å²) in [5, 5.41) is 9.87. The van der Waals surface area contributed by atoms with Gasteiger partial charge in [-0.2, -0.15) is 10.2 Å². The fraction of sp³-hybridized carbons (Fsp3) is 0.208. The van der Waals surface area contributed by atoms with Crippen LogP contribution in [0.1, 0.15) is 29.4 Å². The van der Waals surface area contributed by atoms with Gasteiger partial charge in [-0.3, -0.25) is 4.79 Å². The summed E-state index contributed by atoms with van der Waals surface area (Å²) in [7, 11) is -3.26. The van der Waals surface area contributed by atoms with E-state index in [1.54, 1.807) is 0 Å². The van der Waals surface area contributed by atoms with Crippen molar-refractivity contribution in [1.82, 2.24) is 0 Å². The molecule has 0 spiro atoms. The minimum atomic E-state index is -3.26. The molecule has 142 valence electrons. The molecule has 4 bridgehead atoms.